The molecule has 0 saturated heterocycles. The molecule has 3 aromatic rings. The van der Waals surface area contributed by atoms with Crippen LogP contribution in [0.25, 0.3) is 11.0 Å². The molecule has 96 valence electrons. The van der Waals surface area contributed by atoms with Crippen molar-refractivity contribution in [3.63, 3.8) is 0 Å². The Kier molecular flexibility index (Phi) is 2.93. The van der Waals surface area contributed by atoms with Gasteiger partial charge in [0.25, 0.3) is 0 Å². The highest BCUT2D eigenvalue weighted by Gasteiger charge is 2.10. The van der Waals surface area contributed by atoms with Crippen molar-refractivity contribution >= 4 is 51.1 Å². The minimum absolute atomic E-state index is 0.136. The van der Waals surface area contributed by atoms with Crippen LogP contribution in [0.15, 0.2) is 24.4 Å². The summed E-state index contributed by atoms with van der Waals surface area (Å²) >= 11 is 2.04. The molecule has 0 radical (unpaired) electrons. The second-order valence-corrected chi connectivity index (χ2v) is 4.97. The molecule has 0 fully saturated rings. The van der Waals surface area contributed by atoms with Gasteiger partial charge in [0.15, 0.2) is 5.65 Å². The number of H-pyrrole nitrogens is 1. The van der Waals surface area contributed by atoms with Crippen LogP contribution in [0.3, 0.4) is 0 Å². The van der Waals surface area contributed by atoms with Crippen LogP contribution in [0, 0.1) is 9.39 Å². The Morgan fingerprint density at radius 2 is 2.16 bits per heavy atom. The fraction of sp³-hybridized carbons (Fsp3) is 0. The molecule has 4 N–H and O–H groups in total. The summed E-state index contributed by atoms with van der Waals surface area (Å²) in [5.74, 6) is 0.378. The zero-order chi connectivity index (χ0) is 13.4. The van der Waals surface area contributed by atoms with Crippen LogP contribution in [0.1, 0.15) is 0 Å². The van der Waals surface area contributed by atoms with Crippen molar-refractivity contribution in [2.75, 3.05) is 11.1 Å². The summed E-state index contributed by atoms with van der Waals surface area (Å²) in [6.07, 6.45) is 1.60. The molecule has 1 aromatic carbocycles. The van der Waals surface area contributed by atoms with Gasteiger partial charge in [-0.25, -0.2) is 4.39 Å². The Labute approximate surface area is 120 Å². The number of nitrogens with two attached hydrogens (primary N) is 1. The lowest BCUT2D eigenvalue weighted by molar-refractivity contribution is 0.627. The normalized spacial score (nSPS) is 10.8. The third-order valence-corrected chi connectivity index (χ3v) is 3.40. The highest BCUT2D eigenvalue weighted by Crippen LogP contribution is 2.26. The number of hydrogen-bond donors (Lipinski definition) is 3. The topological polar surface area (TPSA) is 92.5 Å². The van der Waals surface area contributed by atoms with Crippen LogP contribution < -0.4 is 11.1 Å². The van der Waals surface area contributed by atoms with Gasteiger partial charge in [-0.15, -0.1) is 0 Å². The summed E-state index contributed by atoms with van der Waals surface area (Å²) in [4.78, 5) is 8.15. The van der Waals surface area contributed by atoms with Gasteiger partial charge in [0.1, 0.15) is 11.6 Å². The molecule has 0 aliphatic carbocycles. The second kappa shape index (κ2) is 4.61. The molecular weight excluding hydrogens is 362 g/mol. The van der Waals surface area contributed by atoms with Gasteiger partial charge in [-0.3, -0.25) is 5.10 Å². The van der Waals surface area contributed by atoms with E-state index in [0.717, 1.165) is 9.26 Å². The summed E-state index contributed by atoms with van der Waals surface area (Å²) in [6.45, 7) is 0. The van der Waals surface area contributed by atoms with Crippen molar-refractivity contribution in [3.05, 3.63) is 33.8 Å². The average Bonchev–Trinajstić information content (AvgIpc) is 2.80. The van der Waals surface area contributed by atoms with E-state index in [9.17, 15) is 4.39 Å². The number of fused-ring (bicyclic) bond motifs is 1. The molecule has 19 heavy (non-hydrogen) atoms. The number of aromatic nitrogens is 4. The summed E-state index contributed by atoms with van der Waals surface area (Å²) in [5.41, 5.74) is 6.91. The van der Waals surface area contributed by atoms with E-state index in [2.05, 4.69) is 25.5 Å². The maximum atomic E-state index is 13.1. The number of anilines is 3. The van der Waals surface area contributed by atoms with Gasteiger partial charge in [0.2, 0.25) is 5.95 Å². The molecule has 0 amide bonds. The molecule has 6 nitrogen and oxygen atoms in total. The lowest BCUT2D eigenvalue weighted by Crippen LogP contribution is -2.01. The van der Waals surface area contributed by atoms with Crippen LogP contribution in [-0.4, -0.2) is 20.2 Å². The monoisotopic (exact) mass is 370 g/mol. The molecule has 0 aliphatic rings. The number of aromatic amines is 1. The van der Waals surface area contributed by atoms with E-state index < -0.39 is 0 Å². The lowest BCUT2D eigenvalue weighted by atomic mass is 10.3. The Morgan fingerprint density at radius 1 is 1.32 bits per heavy atom. The van der Waals surface area contributed by atoms with Gasteiger partial charge in [-0.1, -0.05) is 0 Å². The Hall–Kier alpha value is -1.97. The van der Waals surface area contributed by atoms with Crippen LogP contribution in [0.5, 0.6) is 0 Å². The third-order valence-electron chi connectivity index (χ3n) is 2.51. The van der Waals surface area contributed by atoms with Gasteiger partial charge >= 0.3 is 0 Å². The first kappa shape index (κ1) is 12.1. The van der Waals surface area contributed by atoms with E-state index in [4.69, 9.17) is 5.73 Å². The summed E-state index contributed by atoms with van der Waals surface area (Å²) in [7, 11) is 0. The predicted molar refractivity (Wildman–Crippen MR) is 78.5 cm³/mol. The van der Waals surface area contributed by atoms with Crippen molar-refractivity contribution in [1.82, 2.24) is 20.2 Å². The number of benzene rings is 1. The molecule has 0 spiro atoms. The van der Waals surface area contributed by atoms with Crippen molar-refractivity contribution in [2.24, 2.45) is 0 Å². The van der Waals surface area contributed by atoms with Crippen LogP contribution in [-0.2, 0) is 0 Å². The second-order valence-electron chi connectivity index (χ2n) is 3.81. The van der Waals surface area contributed by atoms with Gasteiger partial charge in [0, 0.05) is 3.57 Å². The van der Waals surface area contributed by atoms with Crippen LogP contribution >= 0.6 is 22.6 Å². The van der Waals surface area contributed by atoms with E-state index in [0.29, 0.717) is 16.9 Å². The summed E-state index contributed by atoms with van der Waals surface area (Å²) < 4.78 is 13.8. The third kappa shape index (κ3) is 2.30. The zero-order valence-corrected chi connectivity index (χ0v) is 11.6. The molecule has 2 aromatic heterocycles. The molecule has 0 bridgehead atoms. The average molecular weight is 370 g/mol. The van der Waals surface area contributed by atoms with Crippen LogP contribution in [0.4, 0.5) is 21.8 Å². The number of rotatable bonds is 2. The Bertz CT molecular complexity index is 756. The number of nitrogen functional groups attached to an aromatic ring is 1. The first-order valence-electron chi connectivity index (χ1n) is 5.32. The van der Waals surface area contributed by atoms with E-state index >= 15 is 0 Å². The smallest absolute Gasteiger partial charge is 0.224 e. The standard InChI is InChI=1S/C11H8FIN6/c12-5-1-2-8(7(13)3-5)16-9-6-4-15-19-10(6)18-11(14)17-9/h1-4H,(H4,14,15,16,17,18,19). The van der Waals surface area contributed by atoms with E-state index in [1.165, 1.54) is 12.1 Å². The molecule has 3 rings (SSSR count). The Morgan fingerprint density at radius 3 is 2.95 bits per heavy atom. The molecule has 0 unspecified atom stereocenters. The highest BCUT2D eigenvalue weighted by atomic mass is 127. The van der Waals surface area contributed by atoms with Crippen molar-refractivity contribution in [2.45, 2.75) is 0 Å². The Balaban J connectivity index is 2.07. The predicted octanol–water partition coefficient (Wildman–Crippen LogP) is 2.42. The number of hydrogen-bond acceptors (Lipinski definition) is 5. The van der Waals surface area contributed by atoms with E-state index in [-0.39, 0.29) is 11.8 Å². The number of nitrogens with one attached hydrogen (secondary N) is 2. The van der Waals surface area contributed by atoms with Crippen LogP contribution in [0.2, 0.25) is 0 Å². The minimum Gasteiger partial charge on any atom is -0.368 e. The molecular formula is C11H8FIN6. The number of halogens is 2. The molecule has 0 atom stereocenters. The fourth-order valence-corrected chi connectivity index (χ4v) is 2.28. The SMILES string of the molecule is Nc1nc(Nc2ccc(F)cc2I)c2cn[nH]c2n1. The molecule has 8 heteroatoms. The maximum Gasteiger partial charge on any atom is 0.224 e. The maximum absolute atomic E-state index is 13.1. The van der Waals surface area contributed by atoms with Gasteiger partial charge in [-0.2, -0.15) is 15.1 Å². The van der Waals surface area contributed by atoms with E-state index in [1.54, 1.807) is 12.3 Å². The first-order valence-corrected chi connectivity index (χ1v) is 6.40. The van der Waals surface area contributed by atoms with Gasteiger partial charge < -0.3 is 11.1 Å². The van der Waals surface area contributed by atoms with Crippen molar-refractivity contribution < 1.29 is 4.39 Å². The lowest BCUT2D eigenvalue weighted by Gasteiger charge is -2.09. The van der Waals surface area contributed by atoms with Gasteiger partial charge in [-0.05, 0) is 40.8 Å². The van der Waals surface area contributed by atoms with Gasteiger partial charge in [0.05, 0.1) is 17.3 Å². The highest BCUT2D eigenvalue weighted by molar-refractivity contribution is 14.1. The summed E-state index contributed by atoms with van der Waals surface area (Å²) in [5, 5.41) is 10.4. The van der Waals surface area contributed by atoms with Crippen molar-refractivity contribution in [3.8, 4) is 0 Å². The fourth-order valence-electron chi connectivity index (χ4n) is 1.67. The minimum atomic E-state index is -0.286. The molecule has 0 aliphatic heterocycles. The zero-order valence-electron chi connectivity index (χ0n) is 9.48. The number of nitrogens with zero attached hydrogens (tertiary/aromatic N) is 3. The molecule has 2 heterocycles. The quantitative estimate of drug-likeness (QED) is 0.603. The summed E-state index contributed by atoms with van der Waals surface area (Å²) in [6, 6.07) is 4.45. The molecule has 0 saturated carbocycles. The van der Waals surface area contributed by atoms with Crippen molar-refractivity contribution in [1.29, 1.82) is 0 Å². The largest absolute Gasteiger partial charge is 0.368 e. The first-order chi connectivity index (χ1) is 9.13. The van der Waals surface area contributed by atoms with E-state index in [1.807, 2.05) is 22.6 Å².